The van der Waals surface area contributed by atoms with E-state index < -0.39 is 27.9 Å². The van der Waals surface area contributed by atoms with E-state index in [-0.39, 0.29) is 0 Å². The topological polar surface area (TPSA) is 104 Å². The average Bonchev–Trinajstić information content (AvgIpc) is 2.80. The van der Waals surface area contributed by atoms with Crippen LogP contribution in [0.2, 0.25) is 0 Å². The number of aliphatic carboxylic acids is 1. The summed E-state index contributed by atoms with van der Waals surface area (Å²) in [7, 11) is -3.32. The highest BCUT2D eigenvalue weighted by Crippen LogP contribution is 2.30. The number of carbonyl (C=O) groups is 2. The molecule has 8 heteroatoms. The maximum absolute atomic E-state index is 11.9. The summed E-state index contributed by atoms with van der Waals surface area (Å²) in [5.41, 5.74) is 1.65. The maximum atomic E-state index is 11.9. The highest BCUT2D eigenvalue weighted by molar-refractivity contribution is 7.92. The van der Waals surface area contributed by atoms with Gasteiger partial charge in [-0.1, -0.05) is 0 Å². The van der Waals surface area contributed by atoms with E-state index >= 15 is 0 Å². The zero-order chi connectivity index (χ0) is 15.8. The van der Waals surface area contributed by atoms with Gasteiger partial charge >= 0.3 is 5.97 Å². The van der Waals surface area contributed by atoms with Crippen molar-refractivity contribution in [1.82, 2.24) is 5.32 Å². The van der Waals surface area contributed by atoms with E-state index in [0.29, 0.717) is 24.2 Å². The Bertz CT molecular complexity index is 699. The Hall–Kier alpha value is -2.09. The predicted molar refractivity (Wildman–Crippen MR) is 76.9 cm³/mol. The van der Waals surface area contributed by atoms with Gasteiger partial charge in [-0.3, -0.25) is 13.9 Å². The molecule has 1 aromatic carbocycles. The van der Waals surface area contributed by atoms with Crippen LogP contribution in [0.4, 0.5) is 5.69 Å². The third-order valence-corrected chi connectivity index (χ3v) is 4.49. The Morgan fingerprint density at radius 1 is 1.38 bits per heavy atom. The standard InChI is InChI=1S/C13H16N2O5S/c1-8(13(17)18)14-12(16)10-3-4-11-9(7-10)5-6-15(11)21(2,19)20/h3-4,7-8H,5-6H2,1-2H3,(H,14,16)(H,17,18). The van der Waals surface area contributed by atoms with Crippen LogP contribution in [0.1, 0.15) is 22.8 Å². The second kappa shape index (κ2) is 5.36. The number of nitrogens with one attached hydrogen (secondary N) is 1. The summed E-state index contributed by atoms with van der Waals surface area (Å²) in [4.78, 5) is 22.7. The number of anilines is 1. The summed E-state index contributed by atoms with van der Waals surface area (Å²) in [5, 5.41) is 11.1. The number of benzene rings is 1. The normalized spacial score (nSPS) is 15.4. The third kappa shape index (κ3) is 3.15. The van der Waals surface area contributed by atoms with Crippen molar-refractivity contribution in [2.24, 2.45) is 0 Å². The molecule has 0 fully saturated rings. The summed E-state index contributed by atoms with van der Waals surface area (Å²) in [6.07, 6.45) is 1.66. The lowest BCUT2D eigenvalue weighted by molar-refractivity contribution is -0.138. The number of carboxylic acids is 1. The van der Waals surface area contributed by atoms with Crippen LogP contribution < -0.4 is 9.62 Å². The van der Waals surface area contributed by atoms with Crippen molar-refractivity contribution in [1.29, 1.82) is 0 Å². The van der Waals surface area contributed by atoms with Crippen LogP contribution in [0, 0.1) is 0 Å². The molecule has 0 aliphatic carbocycles. The fourth-order valence-corrected chi connectivity index (χ4v) is 3.16. The van der Waals surface area contributed by atoms with E-state index in [0.717, 1.165) is 11.8 Å². The van der Waals surface area contributed by atoms with E-state index in [1.165, 1.54) is 17.3 Å². The largest absolute Gasteiger partial charge is 0.480 e. The Kier molecular flexibility index (Phi) is 3.91. The number of rotatable bonds is 4. The maximum Gasteiger partial charge on any atom is 0.325 e. The first-order chi connectivity index (χ1) is 9.70. The first-order valence-corrected chi connectivity index (χ1v) is 8.19. The van der Waals surface area contributed by atoms with Crippen LogP contribution in [0.15, 0.2) is 18.2 Å². The number of sulfonamides is 1. The van der Waals surface area contributed by atoms with Gasteiger partial charge < -0.3 is 10.4 Å². The van der Waals surface area contributed by atoms with Crippen LogP contribution in [-0.2, 0) is 21.2 Å². The lowest BCUT2D eigenvalue weighted by atomic mass is 10.1. The van der Waals surface area contributed by atoms with Crippen LogP contribution in [-0.4, -0.2) is 44.2 Å². The Balaban J connectivity index is 2.24. The van der Waals surface area contributed by atoms with Crippen molar-refractivity contribution in [2.45, 2.75) is 19.4 Å². The first-order valence-electron chi connectivity index (χ1n) is 6.34. The fourth-order valence-electron chi connectivity index (χ4n) is 2.20. The number of carbonyl (C=O) groups excluding carboxylic acids is 1. The molecule has 0 radical (unpaired) electrons. The lowest BCUT2D eigenvalue weighted by Crippen LogP contribution is -2.38. The average molecular weight is 312 g/mol. The minimum atomic E-state index is -3.32. The summed E-state index contributed by atoms with van der Waals surface area (Å²) >= 11 is 0. The SMILES string of the molecule is CC(NC(=O)c1ccc2c(c1)CCN2S(C)(=O)=O)C(=O)O. The molecule has 114 valence electrons. The molecule has 1 heterocycles. The number of hydrogen-bond donors (Lipinski definition) is 2. The smallest absolute Gasteiger partial charge is 0.325 e. The minimum Gasteiger partial charge on any atom is -0.480 e. The Morgan fingerprint density at radius 3 is 2.62 bits per heavy atom. The van der Waals surface area contributed by atoms with Gasteiger partial charge in [-0.25, -0.2) is 8.42 Å². The molecule has 0 bridgehead atoms. The predicted octanol–water partition coefficient (Wildman–Crippen LogP) is 0.212. The molecule has 21 heavy (non-hydrogen) atoms. The van der Waals surface area contributed by atoms with E-state index in [2.05, 4.69) is 5.32 Å². The van der Waals surface area contributed by atoms with Crippen LogP contribution in [0.5, 0.6) is 0 Å². The van der Waals surface area contributed by atoms with Crippen LogP contribution >= 0.6 is 0 Å². The molecule has 7 nitrogen and oxygen atoms in total. The van der Waals surface area contributed by atoms with Crippen LogP contribution in [0.3, 0.4) is 0 Å². The molecule has 2 N–H and O–H groups in total. The van der Waals surface area contributed by atoms with Crippen LogP contribution in [0.25, 0.3) is 0 Å². The summed E-state index contributed by atoms with van der Waals surface area (Å²) in [5.74, 6) is -1.61. The Morgan fingerprint density at radius 2 is 2.05 bits per heavy atom. The first kappa shape index (κ1) is 15.3. The molecule has 1 amide bonds. The Labute approximate surface area is 122 Å². The minimum absolute atomic E-state index is 0.317. The molecule has 0 spiro atoms. The fraction of sp³-hybridized carbons (Fsp3) is 0.385. The van der Waals surface area contributed by atoms with Gasteiger partial charge in [0.15, 0.2) is 0 Å². The van der Waals surface area contributed by atoms with Gasteiger partial charge in [-0.2, -0.15) is 0 Å². The second-order valence-electron chi connectivity index (χ2n) is 4.96. The summed E-state index contributed by atoms with van der Waals surface area (Å²) in [6, 6.07) is 3.68. The van der Waals surface area contributed by atoms with Gasteiger partial charge in [0.05, 0.1) is 11.9 Å². The lowest BCUT2D eigenvalue weighted by Gasteiger charge is -2.16. The van der Waals surface area contributed by atoms with E-state index in [4.69, 9.17) is 5.11 Å². The molecule has 1 aliphatic rings. The highest BCUT2D eigenvalue weighted by atomic mass is 32.2. The molecule has 2 rings (SSSR count). The zero-order valence-corrected chi connectivity index (χ0v) is 12.5. The quantitative estimate of drug-likeness (QED) is 0.827. The molecule has 1 aliphatic heterocycles. The molecular weight excluding hydrogens is 296 g/mol. The molecule has 1 aromatic rings. The summed E-state index contributed by atoms with van der Waals surface area (Å²) in [6.45, 7) is 1.73. The molecule has 0 saturated carbocycles. The number of nitrogens with zero attached hydrogens (tertiary/aromatic N) is 1. The van der Waals surface area contributed by atoms with Crippen molar-refractivity contribution < 1.29 is 23.1 Å². The van der Waals surface area contributed by atoms with Crippen molar-refractivity contribution >= 4 is 27.6 Å². The van der Waals surface area contributed by atoms with Gasteiger partial charge in [0.1, 0.15) is 6.04 Å². The van der Waals surface area contributed by atoms with Crippen molar-refractivity contribution in [3.8, 4) is 0 Å². The molecule has 0 aromatic heterocycles. The number of carboxylic acid groups (broad SMARTS) is 1. The number of hydrogen-bond acceptors (Lipinski definition) is 4. The van der Waals surface area contributed by atoms with Crippen molar-refractivity contribution in [3.05, 3.63) is 29.3 Å². The van der Waals surface area contributed by atoms with Gasteiger partial charge in [-0.15, -0.1) is 0 Å². The molecule has 0 saturated heterocycles. The highest BCUT2D eigenvalue weighted by Gasteiger charge is 2.27. The molecule has 1 atom stereocenters. The zero-order valence-electron chi connectivity index (χ0n) is 11.7. The molecule has 1 unspecified atom stereocenters. The number of fused-ring (bicyclic) bond motifs is 1. The van der Waals surface area contributed by atoms with E-state index in [9.17, 15) is 18.0 Å². The van der Waals surface area contributed by atoms with E-state index in [1.54, 1.807) is 12.1 Å². The second-order valence-corrected chi connectivity index (χ2v) is 6.87. The van der Waals surface area contributed by atoms with Gasteiger partial charge in [-0.05, 0) is 37.1 Å². The van der Waals surface area contributed by atoms with E-state index in [1.807, 2.05) is 0 Å². The van der Waals surface area contributed by atoms with Gasteiger partial charge in [0.2, 0.25) is 10.0 Å². The van der Waals surface area contributed by atoms with Crippen molar-refractivity contribution in [3.63, 3.8) is 0 Å². The van der Waals surface area contributed by atoms with Gasteiger partial charge in [0.25, 0.3) is 5.91 Å². The monoisotopic (exact) mass is 312 g/mol. The van der Waals surface area contributed by atoms with Crippen molar-refractivity contribution in [2.75, 3.05) is 17.1 Å². The third-order valence-electron chi connectivity index (χ3n) is 3.31. The van der Waals surface area contributed by atoms with Gasteiger partial charge in [0, 0.05) is 12.1 Å². The molecular formula is C13H16N2O5S. The number of amides is 1. The summed E-state index contributed by atoms with van der Waals surface area (Å²) < 4.78 is 24.5.